The molecule has 0 aliphatic carbocycles. The molecule has 1 N–H and O–H groups in total. The highest BCUT2D eigenvalue weighted by molar-refractivity contribution is 9.10. The van der Waals surface area contributed by atoms with Crippen LogP contribution in [-0.2, 0) is 9.59 Å². The van der Waals surface area contributed by atoms with Gasteiger partial charge in [0, 0.05) is 29.0 Å². The van der Waals surface area contributed by atoms with E-state index >= 15 is 0 Å². The van der Waals surface area contributed by atoms with Crippen molar-refractivity contribution in [1.29, 1.82) is 0 Å². The van der Waals surface area contributed by atoms with Crippen LogP contribution in [0, 0.1) is 5.92 Å². The number of para-hydroxylation sites is 1. The van der Waals surface area contributed by atoms with Gasteiger partial charge >= 0.3 is 0 Å². The van der Waals surface area contributed by atoms with Crippen LogP contribution in [0.4, 0.5) is 11.5 Å². The lowest BCUT2D eigenvalue weighted by Gasteiger charge is -2.16. The topological polar surface area (TPSA) is 67.2 Å². The van der Waals surface area contributed by atoms with Crippen molar-refractivity contribution in [3.63, 3.8) is 0 Å². The van der Waals surface area contributed by atoms with Gasteiger partial charge in [0.2, 0.25) is 11.8 Å². The zero-order chi connectivity index (χ0) is 18.8. The lowest BCUT2D eigenvalue weighted by atomic mass is 10.1. The van der Waals surface area contributed by atoms with Crippen LogP contribution >= 0.6 is 15.9 Å². The molecule has 6 nitrogen and oxygen atoms in total. The van der Waals surface area contributed by atoms with Crippen LogP contribution < -0.4 is 10.2 Å². The van der Waals surface area contributed by atoms with Gasteiger partial charge in [0.15, 0.2) is 5.82 Å². The lowest BCUT2D eigenvalue weighted by Crippen LogP contribution is -2.33. The summed E-state index contributed by atoms with van der Waals surface area (Å²) in [4.78, 5) is 26.9. The van der Waals surface area contributed by atoms with E-state index in [9.17, 15) is 9.59 Å². The standard InChI is InChI=1S/C20H17BrN4O2/c21-14-5-4-8-16(13-14)24-11-9-17(20(24)27)19(26)22-18-10-12-25(23-18)15-6-2-1-3-7-15/h1-8,10,12-13,17H,9,11H2,(H,22,23,26). The van der Waals surface area contributed by atoms with E-state index in [1.54, 1.807) is 21.8 Å². The molecule has 136 valence electrons. The van der Waals surface area contributed by atoms with Crippen molar-refractivity contribution in [2.45, 2.75) is 6.42 Å². The molecule has 1 atom stereocenters. The van der Waals surface area contributed by atoms with Crippen molar-refractivity contribution in [3.8, 4) is 5.69 Å². The Kier molecular flexibility index (Phi) is 4.77. The van der Waals surface area contributed by atoms with Crippen LogP contribution in [0.25, 0.3) is 5.69 Å². The third kappa shape index (κ3) is 3.64. The van der Waals surface area contributed by atoms with E-state index in [1.165, 1.54) is 0 Å². The van der Waals surface area contributed by atoms with Crippen LogP contribution in [0.1, 0.15) is 6.42 Å². The first-order valence-electron chi connectivity index (χ1n) is 8.61. The minimum atomic E-state index is -0.703. The van der Waals surface area contributed by atoms with Crippen LogP contribution in [0.3, 0.4) is 0 Å². The van der Waals surface area contributed by atoms with Gasteiger partial charge in [-0.15, -0.1) is 0 Å². The van der Waals surface area contributed by atoms with Gasteiger partial charge in [-0.1, -0.05) is 40.2 Å². The highest BCUT2D eigenvalue weighted by Gasteiger charge is 2.37. The van der Waals surface area contributed by atoms with E-state index in [4.69, 9.17) is 0 Å². The molecular formula is C20H17BrN4O2. The van der Waals surface area contributed by atoms with Crippen molar-refractivity contribution in [1.82, 2.24) is 9.78 Å². The van der Waals surface area contributed by atoms with E-state index in [0.29, 0.717) is 18.8 Å². The van der Waals surface area contributed by atoms with Crippen molar-refractivity contribution in [3.05, 3.63) is 71.3 Å². The minimum Gasteiger partial charge on any atom is -0.312 e. The molecule has 1 aromatic heterocycles. The monoisotopic (exact) mass is 424 g/mol. The summed E-state index contributed by atoms with van der Waals surface area (Å²) in [6.07, 6.45) is 2.26. The molecule has 1 fully saturated rings. The van der Waals surface area contributed by atoms with Crippen molar-refractivity contribution >= 4 is 39.2 Å². The number of rotatable bonds is 4. The van der Waals surface area contributed by atoms with Crippen molar-refractivity contribution in [2.24, 2.45) is 5.92 Å². The number of aromatic nitrogens is 2. The molecule has 7 heteroatoms. The molecule has 4 rings (SSSR count). The van der Waals surface area contributed by atoms with E-state index in [1.807, 2.05) is 54.6 Å². The van der Waals surface area contributed by atoms with Gasteiger partial charge in [-0.05, 0) is 36.8 Å². The van der Waals surface area contributed by atoms with E-state index < -0.39 is 5.92 Å². The zero-order valence-corrected chi connectivity index (χ0v) is 16.0. The van der Waals surface area contributed by atoms with Gasteiger partial charge in [0.05, 0.1) is 5.69 Å². The first-order chi connectivity index (χ1) is 13.1. The second-order valence-electron chi connectivity index (χ2n) is 6.28. The Bertz CT molecular complexity index is 986. The van der Waals surface area contributed by atoms with E-state index in [0.717, 1.165) is 15.8 Å². The molecule has 27 heavy (non-hydrogen) atoms. The van der Waals surface area contributed by atoms with Gasteiger partial charge in [0.1, 0.15) is 5.92 Å². The third-order valence-corrected chi connectivity index (χ3v) is 5.00. The Morgan fingerprint density at radius 1 is 1.07 bits per heavy atom. The Morgan fingerprint density at radius 3 is 2.63 bits per heavy atom. The number of carbonyl (C=O) groups excluding carboxylic acids is 2. The first-order valence-corrected chi connectivity index (χ1v) is 9.40. The Balaban J connectivity index is 1.45. The number of nitrogens with one attached hydrogen (secondary N) is 1. The predicted octanol–water partition coefficient (Wildman–Crippen LogP) is 3.63. The Morgan fingerprint density at radius 2 is 1.85 bits per heavy atom. The average molecular weight is 425 g/mol. The summed E-state index contributed by atoms with van der Waals surface area (Å²) >= 11 is 3.41. The van der Waals surface area contributed by atoms with E-state index in [2.05, 4.69) is 26.3 Å². The summed E-state index contributed by atoms with van der Waals surface area (Å²) in [7, 11) is 0. The molecule has 0 bridgehead atoms. The number of anilines is 2. The fraction of sp³-hybridized carbons (Fsp3) is 0.150. The highest BCUT2D eigenvalue weighted by Crippen LogP contribution is 2.28. The molecule has 2 aromatic carbocycles. The number of carbonyl (C=O) groups is 2. The number of hydrogen-bond donors (Lipinski definition) is 1. The molecule has 0 saturated carbocycles. The largest absolute Gasteiger partial charge is 0.312 e. The molecule has 1 aliphatic heterocycles. The number of nitrogens with zero attached hydrogens (tertiary/aromatic N) is 3. The van der Waals surface area contributed by atoms with Gasteiger partial charge in [-0.2, -0.15) is 5.10 Å². The van der Waals surface area contributed by atoms with Gasteiger partial charge in [-0.3, -0.25) is 9.59 Å². The Labute approximate surface area is 164 Å². The Hall–Kier alpha value is -2.93. The lowest BCUT2D eigenvalue weighted by molar-refractivity contribution is -0.129. The molecule has 1 unspecified atom stereocenters. The minimum absolute atomic E-state index is 0.187. The number of halogens is 1. The number of benzene rings is 2. The summed E-state index contributed by atoms with van der Waals surface area (Å²) in [6.45, 7) is 0.520. The fourth-order valence-corrected chi connectivity index (χ4v) is 3.54. The summed E-state index contributed by atoms with van der Waals surface area (Å²) < 4.78 is 2.58. The maximum absolute atomic E-state index is 12.7. The van der Waals surface area contributed by atoms with Crippen molar-refractivity contribution in [2.75, 3.05) is 16.8 Å². The second-order valence-corrected chi connectivity index (χ2v) is 7.20. The maximum atomic E-state index is 12.7. The number of amides is 2. The van der Waals surface area contributed by atoms with Gasteiger partial charge < -0.3 is 10.2 Å². The smallest absolute Gasteiger partial charge is 0.239 e. The van der Waals surface area contributed by atoms with Crippen LogP contribution in [-0.4, -0.2) is 28.1 Å². The average Bonchev–Trinajstić information content (AvgIpc) is 3.29. The van der Waals surface area contributed by atoms with E-state index in [-0.39, 0.29) is 11.8 Å². The second kappa shape index (κ2) is 7.36. The maximum Gasteiger partial charge on any atom is 0.239 e. The molecule has 3 aromatic rings. The predicted molar refractivity (Wildman–Crippen MR) is 107 cm³/mol. The van der Waals surface area contributed by atoms with Gasteiger partial charge in [-0.25, -0.2) is 4.68 Å². The molecule has 1 aliphatic rings. The summed E-state index contributed by atoms with van der Waals surface area (Å²) in [5.74, 6) is -0.785. The molecule has 0 radical (unpaired) electrons. The molecule has 2 heterocycles. The van der Waals surface area contributed by atoms with Crippen LogP contribution in [0.5, 0.6) is 0 Å². The molecular weight excluding hydrogens is 408 g/mol. The molecule has 0 spiro atoms. The zero-order valence-electron chi connectivity index (χ0n) is 14.4. The molecule has 1 saturated heterocycles. The number of hydrogen-bond acceptors (Lipinski definition) is 3. The van der Waals surface area contributed by atoms with Crippen molar-refractivity contribution < 1.29 is 9.59 Å². The quantitative estimate of drug-likeness (QED) is 0.650. The molecule has 2 amide bonds. The first kappa shape index (κ1) is 17.5. The normalized spacial score (nSPS) is 16.6. The van der Waals surface area contributed by atoms with Crippen LogP contribution in [0.15, 0.2) is 71.3 Å². The van der Waals surface area contributed by atoms with Crippen LogP contribution in [0.2, 0.25) is 0 Å². The summed E-state index contributed by atoms with van der Waals surface area (Å²) in [5.41, 5.74) is 1.69. The summed E-state index contributed by atoms with van der Waals surface area (Å²) in [5, 5.41) is 7.12. The highest BCUT2D eigenvalue weighted by atomic mass is 79.9. The fourth-order valence-electron chi connectivity index (χ4n) is 3.15. The SMILES string of the molecule is O=C(Nc1ccn(-c2ccccc2)n1)C1CCN(c2cccc(Br)c2)C1=O. The summed E-state index contributed by atoms with van der Waals surface area (Å²) in [6, 6.07) is 18.8. The van der Waals surface area contributed by atoms with Gasteiger partial charge in [0.25, 0.3) is 0 Å². The third-order valence-electron chi connectivity index (χ3n) is 4.50.